The average Bonchev–Trinajstić information content (AvgIpc) is 3.25. The fraction of sp³-hybridized carbons (Fsp3) is 0.500. The fourth-order valence-corrected chi connectivity index (χ4v) is 5.50. The number of nitrogens with one attached hydrogen (secondary N) is 1. The molecule has 1 atom stereocenters. The van der Waals surface area contributed by atoms with Crippen molar-refractivity contribution in [3.8, 4) is 5.69 Å². The Balaban J connectivity index is 1.35. The minimum atomic E-state index is -2.81. The van der Waals surface area contributed by atoms with Crippen molar-refractivity contribution in [3.05, 3.63) is 42.7 Å². The van der Waals surface area contributed by atoms with Crippen LogP contribution in [0.15, 0.2) is 42.7 Å². The zero-order valence-corrected chi connectivity index (χ0v) is 15.0. The molecular weight excluding hydrogens is 336 g/mol. The highest BCUT2D eigenvalue weighted by atomic mass is 32.2. The summed E-state index contributed by atoms with van der Waals surface area (Å²) in [5.41, 5.74) is 2.29. The van der Waals surface area contributed by atoms with E-state index in [-0.39, 0.29) is 6.04 Å². The van der Waals surface area contributed by atoms with Gasteiger partial charge in [0, 0.05) is 43.3 Å². The number of rotatable bonds is 4. The van der Waals surface area contributed by atoms with Crippen LogP contribution in [0.1, 0.15) is 19.3 Å². The molecule has 6 nitrogen and oxygen atoms in total. The summed E-state index contributed by atoms with van der Waals surface area (Å²) >= 11 is 0. The molecule has 1 N–H and O–H groups in total. The number of piperidine rings is 1. The molecule has 2 fully saturated rings. The molecule has 0 amide bonds. The first-order chi connectivity index (χ1) is 12.1. The Morgan fingerprint density at radius 2 is 1.84 bits per heavy atom. The molecule has 0 radical (unpaired) electrons. The minimum Gasteiger partial charge on any atom is -0.371 e. The van der Waals surface area contributed by atoms with Gasteiger partial charge < -0.3 is 10.2 Å². The minimum absolute atomic E-state index is 0.143. The van der Waals surface area contributed by atoms with Gasteiger partial charge in [-0.3, -0.25) is 0 Å². The topological polar surface area (TPSA) is 67.2 Å². The van der Waals surface area contributed by atoms with Crippen molar-refractivity contribution in [2.24, 2.45) is 0 Å². The van der Waals surface area contributed by atoms with E-state index in [1.807, 2.05) is 16.9 Å². The van der Waals surface area contributed by atoms with Crippen LogP contribution in [-0.4, -0.2) is 54.9 Å². The molecule has 0 spiro atoms. The maximum atomic E-state index is 11.6. The molecule has 2 aliphatic rings. The van der Waals surface area contributed by atoms with Crippen molar-refractivity contribution >= 4 is 15.5 Å². The Hall–Kier alpha value is -1.86. The van der Waals surface area contributed by atoms with Crippen molar-refractivity contribution in [1.82, 2.24) is 15.1 Å². The third-order valence-electron chi connectivity index (χ3n) is 5.16. The van der Waals surface area contributed by atoms with Crippen LogP contribution in [0, 0.1) is 0 Å². The third-order valence-corrected chi connectivity index (χ3v) is 6.93. The summed E-state index contributed by atoms with van der Waals surface area (Å²) in [6.45, 7) is 1.97. The molecule has 0 unspecified atom stereocenters. The monoisotopic (exact) mass is 360 g/mol. The van der Waals surface area contributed by atoms with E-state index in [9.17, 15) is 8.42 Å². The first-order valence-electron chi connectivity index (χ1n) is 8.91. The molecule has 0 bridgehead atoms. The van der Waals surface area contributed by atoms with E-state index in [1.54, 1.807) is 6.20 Å². The molecule has 4 rings (SSSR count). The maximum Gasteiger partial charge on any atom is 0.151 e. The number of anilines is 1. The van der Waals surface area contributed by atoms with Gasteiger partial charge in [-0.2, -0.15) is 5.10 Å². The molecule has 2 saturated heterocycles. The predicted molar refractivity (Wildman–Crippen MR) is 99.0 cm³/mol. The summed E-state index contributed by atoms with van der Waals surface area (Å²) in [5, 5.41) is 7.85. The third kappa shape index (κ3) is 3.88. The van der Waals surface area contributed by atoms with Gasteiger partial charge in [-0.05, 0) is 43.5 Å². The largest absolute Gasteiger partial charge is 0.371 e. The van der Waals surface area contributed by atoms with Crippen molar-refractivity contribution in [1.29, 1.82) is 0 Å². The molecule has 3 heterocycles. The first kappa shape index (κ1) is 16.6. The molecule has 1 aromatic heterocycles. The highest BCUT2D eigenvalue weighted by Crippen LogP contribution is 2.23. The Labute approximate surface area is 148 Å². The summed E-state index contributed by atoms with van der Waals surface area (Å²) in [7, 11) is -2.81. The zero-order chi connectivity index (χ0) is 17.3. The normalized spacial score (nSPS) is 23.8. The van der Waals surface area contributed by atoms with Crippen LogP contribution >= 0.6 is 0 Å². The molecule has 2 aliphatic heterocycles. The van der Waals surface area contributed by atoms with E-state index in [0.29, 0.717) is 17.5 Å². The van der Waals surface area contributed by atoms with Crippen LogP contribution in [0.3, 0.4) is 0 Å². The van der Waals surface area contributed by atoms with Crippen LogP contribution in [0.5, 0.6) is 0 Å². The molecular formula is C18H24N4O2S. The number of sulfone groups is 1. The first-order valence-corrected chi connectivity index (χ1v) is 10.7. The summed E-state index contributed by atoms with van der Waals surface area (Å²) in [5.74, 6) is 0.642. The standard InChI is InChI=1S/C18H24N4O2S/c23-25(24)12-7-16(14-25)20-15-5-10-21(11-6-15)17-3-1-4-18(13-17)22-9-2-8-19-22/h1-4,8-9,13,15-16,20H,5-7,10-12,14H2/t16-/m1/s1. The molecule has 0 saturated carbocycles. The van der Waals surface area contributed by atoms with Gasteiger partial charge in [0.2, 0.25) is 0 Å². The maximum absolute atomic E-state index is 11.6. The van der Waals surface area contributed by atoms with Crippen molar-refractivity contribution in [2.45, 2.75) is 31.3 Å². The SMILES string of the molecule is O=S1(=O)CC[C@@H](NC2CCN(c3cccc(-n4cccn4)c3)CC2)C1. The molecule has 7 heteroatoms. The zero-order valence-electron chi connectivity index (χ0n) is 14.2. The lowest BCUT2D eigenvalue weighted by molar-refractivity contribution is 0.379. The summed E-state index contributed by atoms with van der Waals surface area (Å²) in [6.07, 6.45) is 6.58. The van der Waals surface area contributed by atoms with Gasteiger partial charge in [-0.15, -0.1) is 0 Å². The Morgan fingerprint density at radius 3 is 2.52 bits per heavy atom. The average molecular weight is 360 g/mol. The second-order valence-corrected chi connectivity index (χ2v) is 9.23. The van der Waals surface area contributed by atoms with Gasteiger partial charge in [-0.1, -0.05) is 6.07 Å². The second-order valence-electron chi connectivity index (χ2n) is 7.00. The molecule has 25 heavy (non-hydrogen) atoms. The van der Waals surface area contributed by atoms with Gasteiger partial charge in [0.1, 0.15) is 0 Å². The lowest BCUT2D eigenvalue weighted by atomic mass is 10.0. The van der Waals surface area contributed by atoms with E-state index in [4.69, 9.17) is 0 Å². The summed E-state index contributed by atoms with van der Waals surface area (Å²) in [6, 6.07) is 10.9. The summed E-state index contributed by atoms with van der Waals surface area (Å²) in [4.78, 5) is 2.40. The Morgan fingerprint density at radius 1 is 1.04 bits per heavy atom. The van der Waals surface area contributed by atoms with Crippen molar-refractivity contribution in [2.75, 3.05) is 29.5 Å². The van der Waals surface area contributed by atoms with Crippen LogP contribution in [0.2, 0.25) is 0 Å². The van der Waals surface area contributed by atoms with Gasteiger partial charge in [0.05, 0.1) is 17.2 Å². The van der Waals surface area contributed by atoms with Gasteiger partial charge in [0.15, 0.2) is 9.84 Å². The van der Waals surface area contributed by atoms with E-state index < -0.39 is 9.84 Å². The van der Waals surface area contributed by atoms with Gasteiger partial charge in [0.25, 0.3) is 0 Å². The predicted octanol–water partition coefficient (Wildman–Crippen LogP) is 1.62. The fourth-order valence-electron chi connectivity index (χ4n) is 3.82. The highest BCUT2D eigenvalue weighted by Gasteiger charge is 2.30. The van der Waals surface area contributed by atoms with E-state index in [0.717, 1.165) is 38.0 Å². The molecule has 134 valence electrons. The van der Waals surface area contributed by atoms with Crippen molar-refractivity contribution in [3.63, 3.8) is 0 Å². The number of benzene rings is 1. The van der Waals surface area contributed by atoms with Crippen LogP contribution < -0.4 is 10.2 Å². The van der Waals surface area contributed by atoms with Gasteiger partial charge >= 0.3 is 0 Å². The van der Waals surface area contributed by atoms with Gasteiger partial charge in [-0.25, -0.2) is 13.1 Å². The number of aromatic nitrogens is 2. The lowest BCUT2D eigenvalue weighted by Gasteiger charge is -2.35. The van der Waals surface area contributed by atoms with E-state index in [2.05, 4.69) is 39.6 Å². The number of nitrogens with zero attached hydrogens (tertiary/aromatic N) is 3. The smallest absolute Gasteiger partial charge is 0.151 e. The summed E-state index contributed by atoms with van der Waals surface area (Å²) < 4.78 is 25.1. The highest BCUT2D eigenvalue weighted by molar-refractivity contribution is 7.91. The van der Waals surface area contributed by atoms with Crippen LogP contribution in [-0.2, 0) is 9.84 Å². The van der Waals surface area contributed by atoms with Crippen LogP contribution in [0.25, 0.3) is 5.69 Å². The van der Waals surface area contributed by atoms with E-state index in [1.165, 1.54) is 5.69 Å². The lowest BCUT2D eigenvalue weighted by Crippen LogP contribution is -2.46. The Kier molecular flexibility index (Phi) is 4.52. The number of hydrogen-bond acceptors (Lipinski definition) is 5. The quantitative estimate of drug-likeness (QED) is 0.897. The van der Waals surface area contributed by atoms with Crippen LogP contribution in [0.4, 0.5) is 5.69 Å². The van der Waals surface area contributed by atoms with E-state index >= 15 is 0 Å². The molecule has 0 aliphatic carbocycles. The Bertz CT molecular complexity index is 811. The molecule has 1 aromatic carbocycles. The second kappa shape index (κ2) is 6.80. The number of hydrogen-bond donors (Lipinski definition) is 1. The molecule has 2 aromatic rings. The van der Waals surface area contributed by atoms with Crippen molar-refractivity contribution < 1.29 is 8.42 Å².